The molecule has 0 saturated heterocycles. The first-order valence-electron chi connectivity index (χ1n) is 8.73. The summed E-state index contributed by atoms with van der Waals surface area (Å²) < 4.78 is 5.92. The van der Waals surface area contributed by atoms with E-state index >= 15 is 0 Å². The number of hydrogen-bond donors (Lipinski definition) is 0. The Kier molecular flexibility index (Phi) is 6.71. The fourth-order valence-electron chi connectivity index (χ4n) is 2.71. The summed E-state index contributed by atoms with van der Waals surface area (Å²) in [5.41, 5.74) is 0. The van der Waals surface area contributed by atoms with Crippen molar-refractivity contribution in [3.63, 3.8) is 0 Å². The second-order valence-electron chi connectivity index (χ2n) is 7.01. The molecular weight excluding hydrogens is 300 g/mol. The van der Waals surface area contributed by atoms with Crippen LogP contribution in [0.15, 0.2) is 36.4 Å². The summed E-state index contributed by atoms with van der Waals surface area (Å²) in [6.07, 6.45) is 3.87. The van der Waals surface area contributed by atoms with E-state index in [1.54, 1.807) is 0 Å². The fourth-order valence-corrected chi connectivity index (χ4v) is 4.81. The van der Waals surface area contributed by atoms with Crippen LogP contribution in [-0.2, 0) is 0 Å². The topological polar surface area (TPSA) is 9.23 Å². The quantitative estimate of drug-likeness (QED) is 0.509. The van der Waals surface area contributed by atoms with Crippen molar-refractivity contribution in [1.29, 1.82) is 0 Å². The van der Waals surface area contributed by atoms with Crippen LogP contribution in [-0.4, -0.2) is 24.2 Å². The van der Waals surface area contributed by atoms with Gasteiger partial charge in [-0.15, -0.1) is 0 Å². The lowest BCUT2D eigenvalue weighted by Crippen LogP contribution is -2.21. The normalized spacial score (nSPS) is 11.5. The molecule has 0 aromatic heterocycles. The highest BCUT2D eigenvalue weighted by Gasteiger charge is 2.03. The molecule has 2 aromatic rings. The Morgan fingerprint density at radius 1 is 0.818 bits per heavy atom. The molecule has 3 heteroatoms. The van der Waals surface area contributed by atoms with Crippen molar-refractivity contribution in [3.8, 4) is 5.75 Å². The maximum atomic E-state index is 5.92. The number of fused-ring (bicyclic) bond motifs is 1. The number of hydrogen-bond acceptors (Lipinski definition) is 1. The maximum absolute atomic E-state index is 5.92. The van der Waals surface area contributed by atoms with E-state index in [2.05, 4.69) is 62.6 Å². The van der Waals surface area contributed by atoms with E-state index in [1.807, 2.05) is 0 Å². The van der Waals surface area contributed by atoms with Crippen molar-refractivity contribution in [3.05, 3.63) is 36.4 Å². The van der Waals surface area contributed by atoms with Crippen molar-refractivity contribution >= 4 is 33.6 Å². The second-order valence-corrected chi connectivity index (χ2v) is 13.4. The zero-order valence-electron chi connectivity index (χ0n) is 14.6. The van der Waals surface area contributed by atoms with Crippen molar-refractivity contribution in [2.45, 2.75) is 51.5 Å². The summed E-state index contributed by atoms with van der Waals surface area (Å²) in [6.45, 7) is 10.5. The minimum absolute atomic E-state index is 0.360. The van der Waals surface area contributed by atoms with Crippen molar-refractivity contribution in [2.24, 2.45) is 0 Å². The highest BCUT2D eigenvalue weighted by Crippen LogP contribution is 2.20. The predicted molar refractivity (Wildman–Crippen MR) is 105 cm³/mol. The van der Waals surface area contributed by atoms with Gasteiger partial charge < -0.3 is 4.74 Å². The molecule has 2 rings (SSSR count). The van der Waals surface area contributed by atoms with Gasteiger partial charge in [-0.1, -0.05) is 74.5 Å². The molecule has 0 saturated carbocycles. The molecule has 0 aliphatic rings. The molecule has 22 heavy (non-hydrogen) atoms. The molecular formula is C19H30OSi2. The van der Waals surface area contributed by atoms with Crippen LogP contribution < -0.4 is 9.92 Å². The molecule has 0 heterocycles. The number of benzene rings is 2. The van der Waals surface area contributed by atoms with Crippen molar-refractivity contribution < 1.29 is 4.74 Å². The van der Waals surface area contributed by atoms with E-state index in [9.17, 15) is 0 Å². The lowest BCUT2D eigenvalue weighted by molar-refractivity contribution is 0.306. The standard InChI is InChI=1S/C19H30OSi2/c1-21(2)13-7-5-6-12-20-18-10-8-17-15-19(22(3)4)11-9-16(17)14-18/h8-11,14-15,21-22H,5-7,12-13H2,1-4H3. The summed E-state index contributed by atoms with van der Waals surface area (Å²) in [5, 5.41) is 4.17. The Morgan fingerprint density at radius 2 is 1.55 bits per heavy atom. The Balaban J connectivity index is 1.86. The van der Waals surface area contributed by atoms with Gasteiger partial charge in [-0.3, -0.25) is 0 Å². The van der Waals surface area contributed by atoms with Crippen LogP contribution in [0.25, 0.3) is 10.8 Å². The Morgan fingerprint density at radius 3 is 2.27 bits per heavy atom. The molecule has 1 nitrogen and oxygen atoms in total. The largest absolute Gasteiger partial charge is 0.494 e. The van der Waals surface area contributed by atoms with Crippen LogP contribution in [0, 0.1) is 0 Å². The first-order chi connectivity index (χ1) is 10.6. The lowest BCUT2D eigenvalue weighted by Gasteiger charge is -2.09. The third-order valence-electron chi connectivity index (χ3n) is 4.20. The predicted octanol–water partition coefficient (Wildman–Crippen LogP) is 4.57. The first-order valence-corrected chi connectivity index (χ1v) is 14.7. The Labute approximate surface area is 138 Å². The first kappa shape index (κ1) is 17.3. The smallest absolute Gasteiger partial charge is 0.119 e. The molecule has 120 valence electrons. The van der Waals surface area contributed by atoms with Crippen LogP contribution in [0.3, 0.4) is 0 Å². The average molecular weight is 331 g/mol. The van der Waals surface area contributed by atoms with Gasteiger partial charge in [0, 0.05) is 8.80 Å². The molecule has 0 fully saturated rings. The van der Waals surface area contributed by atoms with Crippen molar-refractivity contribution in [1.82, 2.24) is 0 Å². The summed E-state index contributed by atoms with van der Waals surface area (Å²) in [5.74, 6) is 1.01. The second kappa shape index (κ2) is 8.54. The van der Waals surface area contributed by atoms with Crippen LogP contribution in [0.1, 0.15) is 19.3 Å². The fraction of sp³-hybridized carbons (Fsp3) is 0.474. The molecule has 0 aliphatic carbocycles. The Bertz CT molecular complexity index is 593. The van der Waals surface area contributed by atoms with Gasteiger partial charge in [0.1, 0.15) is 5.75 Å². The molecule has 0 atom stereocenters. The van der Waals surface area contributed by atoms with Crippen LogP contribution in [0.5, 0.6) is 5.75 Å². The minimum atomic E-state index is -0.714. The molecule has 0 amide bonds. The van der Waals surface area contributed by atoms with E-state index < -0.39 is 8.80 Å². The van der Waals surface area contributed by atoms with Gasteiger partial charge >= 0.3 is 0 Å². The van der Waals surface area contributed by atoms with Crippen LogP contribution in [0.2, 0.25) is 32.2 Å². The average Bonchev–Trinajstić information content (AvgIpc) is 2.49. The van der Waals surface area contributed by atoms with Gasteiger partial charge in [-0.05, 0) is 29.3 Å². The molecule has 0 spiro atoms. The number of rotatable bonds is 8. The summed E-state index contributed by atoms with van der Waals surface area (Å²) >= 11 is 0. The van der Waals surface area contributed by atoms with Crippen LogP contribution in [0.4, 0.5) is 0 Å². The third kappa shape index (κ3) is 5.29. The van der Waals surface area contributed by atoms with Gasteiger partial charge in [0.25, 0.3) is 0 Å². The number of unbranched alkanes of at least 4 members (excludes halogenated alkanes) is 2. The SMILES string of the molecule is C[SiH](C)CCCCCOc1ccc2cc([SiH](C)C)ccc2c1. The van der Waals surface area contributed by atoms with E-state index in [1.165, 1.54) is 41.3 Å². The Hall–Kier alpha value is -1.07. The molecule has 0 unspecified atom stereocenters. The summed E-state index contributed by atoms with van der Waals surface area (Å²) in [6, 6.07) is 14.9. The zero-order valence-corrected chi connectivity index (χ0v) is 16.9. The molecule has 0 bridgehead atoms. The minimum Gasteiger partial charge on any atom is -0.494 e. The monoisotopic (exact) mass is 330 g/mol. The molecule has 2 aromatic carbocycles. The van der Waals surface area contributed by atoms with Gasteiger partial charge in [-0.25, -0.2) is 0 Å². The van der Waals surface area contributed by atoms with E-state index in [-0.39, 0.29) is 8.80 Å². The highest BCUT2D eigenvalue weighted by molar-refractivity contribution is 6.70. The molecule has 0 radical (unpaired) electrons. The molecule has 0 aliphatic heterocycles. The van der Waals surface area contributed by atoms with E-state index in [4.69, 9.17) is 4.74 Å². The van der Waals surface area contributed by atoms with Gasteiger partial charge in [-0.2, -0.15) is 0 Å². The van der Waals surface area contributed by atoms with E-state index in [0.717, 1.165) is 12.4 Å². The van der Waals surface area contributed by atoms with Gasteiger partial charge in [0.2, 0.25) is 0 Å². The van der Waals surface area contributed by atoms with Crippen LogP contribution >= 0.6 is 0 Å². The maximum Gasteiger partial charge on any atom is 0.119 e. The van der Waals surface area contributed by atoms with Crippen molar-refractivity contribution in [2.75, 3.05) is 6.61 Å². The van der Waals surface area contributed by atoms with E-state index in [0.29, 0.717) is 0 Å². The van der Waals surface area contributed by atoms with Gasteiger partial charge in [0.15, 0.2) is 0 Å². The highest BCUT2D eigenvalue weighted by atomic mass is 28.3. The molecule has 0 N–H and O–H groups in total. The lowest BCUT2D eigenvalue weighted by atomic mass is 10.1. The third-order valence-corrected chi connectivity index (χ3v) is 7.45. The van der Waals surface area contributed by atoms with Gasteiger partial charge in [0.05, 0.1) is 15.4 Å². The zero-order chi connectivity index (χ0) is 15.9. The summed E-state index contributed by atoms with van der Waals surface area (Å²) in [4.78, 5) is 0. The number of ether oxygens (including phenoxy) is 1. The summed E-state index contributed by atoms with van der Waals surface area (Å²) in [7, 11) is -1.07.